The molecule has 1 aromatic carbocycles. The molecular formula is C11H15IO4. The van der Waals surface area contributed by atoms with Gasteiger partial charge in [-0.2, -0.15) is 0 Å². The highest BCUT2D eigenvalue weighted by Crippen LogP contribution is 2.33. The Hall–Kier alpha value is -0.530. The monoisotopic (exact) mass is 338 g/mol. The smallest absolute Gasteiger partial charge is 0.171 e. The highest BCUT2D eigenvalue weighted by molar-refractivity contribution is 14.1. The fraction of sp³-hybridized carbons (Fsp3) is 0.455. The van der Waals surface area contributed by atoms with Gasteiger partial charge in [0.2, 0.25) is 0 Å². The van der Waals surface area contributed by atoms with Crippen molar-refractivity contribution >= 4 is 22.6 Å². The summed E-state index contributed by atoms with van der Waals surface area (Å²) in [6.07, 6.45) is 0.282. The molecule has 1 N–H and O–H groups in total. The third-order valence-corrected chi connectivity index (χ3v) is 3.50. The number of phenols is 1. The van der Waals surface area contributed by atoms with Gasteiger partial charge in [-0.05, 0) is 34.2 Å². The van der Waals surface area contributed by atoms with Gasteiger partial charge in [-0.1, -0.05) is 6.07 Å². The van der Waals surface area contributed by atoms with E-state index in [1.54, 1.807) is 20.3 Å². The summed E-state index contributed by atoms with van der Waals surface area (Å²) >= 11 is 2.08. The molecule has 16 heavy (non-hydrogen) atoms. The number of rotatable bonds is 5. The summed E-state index contributed by atoms with van der Waals surface area (Å²) < 4.78 is 16.0. The van der Waals surface area contributed by atoms with Crippen LogP contribution in [0, 0.1) is 3.57 Å². The molecule has 0 saturated carbocycles. The Morgan fingerprint density at radius 2 is 1.88 bits per heavy atom. The molecule has 1 rings (SSSR count). The van der Waals surface area contributed by atoms with Crippen LogP contribution in [-0.2, 0) is 15.9 Å². The quantitative estimate of drug-likeness (QED) is 0.660. The molecule has 0 fully saturated rings. The van der Waals surface area contributed by atoms with E-state index in [9.17, 15) is 5.11 Å². The fourth-order valence-corrected chi connectivity index (χ4v) is 2.02. The number of benzene rings is 1. The van der Waals surface area contributed by atoms with E-state index in [-0.39, 0.29) is 12.0 Å². The first-order chi connectivity index (χ1) is 7.63. The second kappa shape index (κ2) is 6.27. The zero-order valence-corrected chi connectivity index (χ0v) is 11.6. The van der Waals surface area contributed by atoms with Crippen LogP contribution in [0.2, 0.25) is 0 Å². The summed E-state index contributed by atoms with van der Waals surface area (Å²) in [5.41, 5.74) is 0.965. The van der Waals surface area contributed by atoms with E-state index in [0.29, 0.717) is 12.2 Å². The van der Waals surface area contributed by atoms with Gasteiger partial charge in [0.1, 0.15) is 0 Å². The molecule has 0 aromatic heterocycles. The molecule has 4 nitrogen and oxygen atoms in total. The third-order valence-electron chi connectivity index (χ3n) is 2.29. The maximum Gasteiger partial charge on any atom is 0.171 e. The lowest BCUT2D eigenvalue weighted by Gasteiger charge is -2.15. The molecule has 0 aliphatic carbocycles. The van der Waals surface area contributed by atoms with Crippen LogP contribution in [0.25, 0.3) is 0 Å². The minimum absolute atomic E-state index is 0.159. The van der Waals surface area contributed by atoms with Crippen molar-refractivity contribution in [2.24, 2.45) is 0 Å². The zero-order valence-electron chi connectivity index (χ0n) is 9.49. The van der Waals surface area contributed by atoms with Crippen LogP contribution >= 0.6 is 22.6 Å². The van der Waals surface area contributed by atoms with Gasteiger partial charge in [0.25, 0.3) is 0 Å². The van der Waals surface area contributed by atoms with E-state index in [0.717, 1.165) is 9.13 Å². The summed E-state index contributed by atoms with van der Waals surface area (Å²) in [6.45, 7) is 0. The molecule has 0 unspecified atom stereocenters. The first kappa shape index (κ1) is 13.5. The Labute approximate surface area is 109 Å². The van der Waals surface area contributed by atoms with Gasteiger partial charge in [-0.25, -0.2) is 0 Å². The number of methoxy groups -OCH3 is 3. The van der Waals surface area contributed by atoms with Crippen molar-refractivity contribution < 1.29 is 19.3 Å². The Morgan fingerprint density at radius 1 is 1.25 bits per heavy atom. The number of aromatic hydroxyl groups is 1. The van der Waals surface area contributed by atoms with Crippen LogP contribution in [0.5, 0.6) is 11.5 Å². The normalized spacial score (nSPS) is 10.8. The predicted octanol–water partition coefficient (Wildman–Crippen LogP) is 2.17. The fourth-order valence-electron chi connectivity index (χ4n) is 1.35. The van der Waals surface area contributed by atoms with Crippen LogP contribution in [0.15, 0.2) is 12.1 Å². The van der Waals surface area contributed by atoms with Crippen LogP contribution in [0.4, 0.5) is 0 Å². The number of ether oxygens (including phenoxy) is 3. The molecule has 90 valence electrons. The van der Waals surface area contributed by atoms with Crippen molar-refractivity contribution in [3.8, 4) is 11.5 Å². The first-order valence-electron chi connectivity index (χ1n) is 4.74. The number of hydrogen-bond acceptors (Lipinski definition) is 4. The van der Waals surface area contributed by atoms with Gasteiger partial charge >= 0.3 is 0 Å². The van der Waals surface area contributed by atoms with Crippen molar-refractivity contribution in [2.75, 3.05) is 21.3 Å². The minimum Gasteiger partial charge on any atom is -0.504 e. The molecule has 0 amide bonds. The summed E-state index contributed by atoms with van der Waals surface area (Å²) in [7, 11) is 4.70. The Kier molecular flexibility index (Phi) is 5.30. The SMILES string of the molecule is COc1ccc(CC(OC)OC)c(I)c1O. The number of hydrogen-bond donors (Lipinski definition) is 1. The summed E-state index contributed by atoms with van der Waals surface area (Å²) in [4.78, 5) is 0. The maximum absolute atomic E-state index is 9.82. The molecule has 0 aliphatic heterocycles. The van der Waals surface area contributed by atoms with Crippen molar-refractivity contribution in [1.29, 1.82) is 0 Å². The van der Waals surface area contributed by atoms with Crippen molar-refractivity contribution in [3.63, 3.8) is 0 Å². The van der Waals surface area contributed by atoms with Gasteiger partial charge in [-0.15, -0.1) is 0 Å². The van der Waals surface area contributed by atoms with E-state index in [2.05, 4.69) is 22.6 Å². The average Bonchev–Trinajstić information content (AvgIpc) is 2.31. The number of halogens is 1. The van der Waals surface area contributed by atoms with Crippen LogP contribution < -0.4 is 4.74 Å². The summed E-state index contributed by atoms with van der Waals surface area (Å²) in [5, 5.41) is 9.82. The van der Waals surface area contributed by atoms with Crippen molar-refractivity contribution in [3.05, 3.63) is 21.3 Å². The summed E-state index contributed by atoms with van der Waals surface area (Å²) in [5.74, 6) is 0.631. The van der Waals surface area contributed by atoms with E-state index < -0.39 is 0 Å². The molecule has 0 spiro atoms. The van der Waals surface area contributed by atoms with Gasteiger partial charge in [0.15, 0.2) is 17.8 Å². The van der Waals surface area contributed by atoms with E-state index in [4.69, 9.17) is 14.2 Å². The van der Waals surface area contributed by atoms with Crippen LogP contribution in [0.3, 0.4) is 0 Å². The van der Waals surface area contributed by atoms with Crippen molar-refractivity contribution in [1.82, 2.24) is 0 Å². The Bertz CT molecular complexity index is 350. The second-order valence-electron chi connectivity index (χ2n) is 3.19. The van der Waals surface area contributed by atoms with E-state index >= 15 is 0 Å². The lowest BCUT2D eigenvalue weighted by molar-refractivity contribution is -0.100. The molecule has 0 saturated heterocycles. The van der Waals surface area contributed by atoms with Crippen LogP contribution in [0.1, 0.15) is 5.56 Å². The Morgan fingerprint density at radius 3 is 2.38 bits per heavy atom. The molecular weight excluding hydrogens is 323 g/mol. The summed E-state index contributed by atoms with van der Waals surface area (Å²) in [6, 6.07) is 3.63. The standard InChI is InChI=1S/C11H15IO4/c1-14-8-5-4-7(10(12)11(8)13)6-9(15-2)16-3/h4-5,9,13H,6H2,1-3H3. The average molecular weight is 338 g/mol. The molecule has 0 aliphatic rings. The van der Waals surface area contributed by atoms with Gasteiger partial charge in [0.05, 0.1) is 10.7 Å². The molecule has 0 bridgehead atoms. The molecule has 0 atom stereocenters. The van der Waals surface area contributed by atoms with Crippen molar-refractivity contribution in [2.45, 2.75) is 12.7 Å². The topological polar surface area (TPSA) is 47.9 Å². The first-order valence-corrected chi connectivity index (χ1v) is 5.81. The lowest BCUT2D eigenvalue weighted by atomic mass is 10.1. The number of phenolic OH excluding ortho intramolecular Hbond substituents is 1. The molecule has 0 radical (unpaired) electrons. The van der Waals surface area contributed by atoms with E-state index in [1.807, 2.05) is 6.07 Å². The third kappa shape index (κ3) is 2.99. The predicted molar refractivity (Wildman–Crippen MR) is 68.9 cm³/mol. The molecule has 0 heterocycles. The largest absolute Gasteiger partial charge is 0.504 e. The van der Waals surface area contributed by atoms with Gasteiger partial charge in [0, 0.05) is 20.6 Å². The maximum atomic E-state index is 9.82. The molecule has 5 heteroatoms. The Balaban J connectivity index is 2.94. The van der Waals surface area contributed by atoms with Gasteiger partial charge < -0.3 is 19.3 Å². The van der Waals surface area contributed by atoms with Gasteiger partial charge in [-0.3, -0.25) is 0 Å². The highest BCUT2D eigenvalue weighted by Gasteiger charge is 2.14. The minimum atomic E-state index is -0.304. The highest BCUT2D eigenvalue weighted by atomic mass is 127. The zero-order chi connectivity index (χ0) is 12.1. The van der Waals surface area contributed by atoms with E-state index in [1.165, 1.54) is 7.11 Å². The van der Waals surface area contributed by atoms with Crippen LogP contribution in [-0.4, -0.2) is 32.7 Å². The molecule has 1 aromatic rings. The lowest BCUT2D eigenvalue weighted by Crippen LogP contribution is -2.16. The second-order valence-corrected chi connectivity index (χ2v) is 4.27.